The number of nitrogens with two attached hydrogens (primary N) is 1. The van der Waals surface area contributed by atoms with E-state index < -0.39 is 0 Å². The highest BCUT2D eigenvalue weighted by molar-refractivity contribution is 5.85. The Morgan fingerprint density at radius 1 is 1.41 bits per heavy atom. The van der Waals surface area contributed by atoms with Crippen molar-refractivity contribution < 1.29 is 9.53 Å². The highest BCUT2D eigenvalue weighted by Crippen LogP contribution is 2.26. The van der Waals surface area contributed by atoms with Crippen molar-refractivity contribution in [1.29, 1.82) is 0 Å². The molecule has 22 heavy (non-hydrogen) atoms. The van der Waals surface area contributed by atoms with Crippen molar-refractivity contribution in [3.63, 3.8) is 0 Å². The lowest BCUT2D eigenvalue weighted by atomic mass is 10.1. The molecule has 1 aromatic rings. The molecule has 0 saturated heterocycles. The maximum atomic E-state index is 12.6. The summed E-state index contributed by atoms with van der Waals surface area (Å²) in [6.07, 6.45) is 4.42. The van der Waals surface area contributed by atoms with E-state index in [1.165, 1.54) is 0 Å². The Kier molecular flexibility index (Phi) is 7.42. The van der Waals surface area contributed by atoms with Crippen molar-refractivity contribution in [3.8, 4) is 5.75 Å². The molecule has 0 aliphatic heterocycles. The van der Waals surface area contributed by atoms with Crippen LogP contribution >= 0.6 is 12.4 Å². The van der Waals surface area contributed by atoms with E-state index in [0.29, 0.717) is 13.1 Å². The summed E-state index contributed by atoms with van der Waals surface area (Å²) in [6.45, 7) is 4.92. The van der Waals surface area contributed by atoms with Gasteiger partial charge in [0.2, 0.25) is 5.91 Å². The highest BCUT2D eigenvalue weighted by atomic mass is 35.5. The van der Waals surface area contributed by atoms with Gasteiger partial charge in [0.25, 0.3) is 0 Å². The number of hydrogen-bond acceptors (Lipinski definition) is 3. The van der Waals surface area contributed by atoms with Crippen LogP contribution in [0.5, 0.6) is 5.75 Å². The van der Waals surface area contributed by atoms with Crippen molar-refractivity contribution >= 4 is 18.3 Å². The summed E-state index contributed by atoms with van der Waals surface area (Å²) in [5.74, 6) is 1.08. The van der Waals surface area contributed by atoms with Crippen molar-refractivity contribution in [2.75, 3.05) is 13.7 Å². The second-order valence-corrected chi connectivity index (χ2v) is 5.63. The van der Waals surface area contributed by atoms with Crippen molar-refractivity contribution in [1.82, 2.24) is 4.90 Å². The molecule has 1 amide bonds. The first-order chi connectivity index (χ1) is 10.1. The molecule has 0 bridgehead atoms. The fourth-order valence-corrected chi connectivity index (χ4v) is 2.84. The van der Waals surface area contributed by atoms with Gasteiger partial charge in [0.15, 0.2) is 0 Å². The third-order valence-electron chi connectivity index (χ3n) is 4.02. The van der Waals surface area contributed by atoms with E-state index in [0.717, 1.165) is 30.6 Å². The Labute approximate surface area is 138 Å². The Hall–Kier alpha value is -1.52. The lowest BCUT2D eigenvalue weighted by Crippen LogP contribution is -2.35. The molecule has 122 valence electrons. The van der Waals surface area contributed by atoms with Gasteiger partial charge in [-0.3, -0.25) is 4.79 Å². The van der Waals surface area contributed by atoms with E-state index >= 15 is 0 Å². The van der Waals surface area contributed by atoms with Gasteiger partial charge in [0.05, 0.1) is 7.11 Å². The Bertz CT molecular complexity index is 490. The van der Waals surface area contributed by atoms with Crippen LogP contribution in [-0.2, 0) is 11.3 Å². The van der Waals surface area contributed by atoms with E-state index in [1.54, 1.807) is 13.2 Å². The zero-order valence-electron chi connectivity index (χ0n) is 13.0. The second kappa shape index (κ2) is 8.81. The molecular weight excluding hydrogens is 300 g/mol. The largest absolute Gasteiger partial charge is 0.497 e. The number of carbonyl (C=O) groups is 1. The molecule has 0 spiro atoms. The van der Waals surface area contributed by atoms with Crippen molar-refractivity contribution in [2.45, 2.75) is 31.8 Å². The van der Waals surface area contributed by atoms with Crippen molar-refractivity contribution in [2.24, 2.45) is 11.7 Å². The molecule has 2 unspecified atom stereocenters. The number of carbonyl (C=O) groups excluding carboxylic acids is 1. The molecule has 0 aromatic heterocycles. The molecule has 1 saturated carbocycles. The van der Waals surface area contributed by atoms with Gasteiger partial charge in [0, 0.05) is 25.0 Å². The van der Waals surface area contributed by atoms with Crippen LogP contribution < -0.4 is 10.5 Å². The van der Waals surface area contributed by atoms with Crippen LogP contribution in [0.3, 0.4) is 0 Å². The van der Waals surface area contributed by atoms with E-state index in [-0.39, 0.29) is 30.3 Å². The van der Waals surface area contributed by atoms with Crippen LogP contribution in [-0.4, -0.2) is 30.5 Å². The highest BCUT2D eigenvalue weighted by Gasteiger charge is 2.30. The summed E-state index contributed by atoms with van der Waals surface area (Å²) < 4.78 is 5.15. The summed E-state index contributed by atoms with van der Waals surface area (Å²) >= 11 is 0. The van der Waals surface area contributed by atoms with Gasteiger partial charge < -0.3 is 15.4 Å². The first-order valence-electron chi connectivity index (χ1n) is 7.42. The lowest BCUT2D eigenvalue weighted by Gasteiger charge is -2.24. The Morgan fingerprint density at radius 2 is 2.09 bits per heavy atom. The molecule has 1 aromatic carbocycles. The van der Waals surface area contributed by atoms with Crippen molar-refractivity contribution in [3.05, 3.63) is 42.5 Å². The molecule has 4 nitrogen and oxygen atoms in total. The van der Waals surface area contributed by atoms with Crippen LogP contribution in [0.2, 0.25) is 0 Å². The van der Waals surface area contributed by atoms with Gasteiger partial charge in [0.1, 0.15) is 5.75 Å². The minimum absolute atomic E-state index is 0. The van der Waals surface area contributed by atoms with Crippen LogP contribution in [0.25, 0.3) is 0 Å². The number of benzene rings is 1. The summed E-state index contributed by atoms with van der Waals surface area (Å²) in [6, 6.07) is 7.98. The summed E-state index contributed by atoms with van der Waals surface area (Å²) in [5.41, 5.74) is 7.01. The number of halogens is 1. The molecule has 2 N–H and O–H groups in total. The number of hydrogen-bond donors (Lipinski definition) is 1. The monoisotopic (exact) mass is 324 g/mol. The number of ether oxygens (including phenoxy) is 1. The number of rotatable bonds is 6. The Balaban J connectivity index is 0.00000242. The quantitative estimate of drug-likeness (QED) is 0.819. The minimum Gasteiger partial charge on any atom is -0.497 e. The smallest absolute Gasteiger partial charge is 0.226 e. The predicted octanol–water partition coefficient (Wildman–Crippen LogP) is 2.76. The number of nitrogens with zero attached hydrogens (tertiary/aromatic N) is 1. The topological polar surface area (TPSA) is 55.6 Å². The molecular formula is C17H25ClN2O2. The molecule has 1 fully saturated rings. The molecule has 0 radical (unpaired) electrons. The van der Waals surface area contributed by atoms with Crippen LogP contribution in [0.1, 0.15) is 24.8 Å². The summed E-state index contributed by atoms with van der Waals surface area (Å²) in [7, 11) is 1.64. The van der Waals surface area contributed by atoms with Crippen LogP contribution in [0, 0.1) is 5.92 Å². The average molecular weight is 325 g/mol. The molecule has 0 heterocycles. The van der Waals surface area contributed by atoms with Gasteiger partial charge >= 0.3 is 0 Å². The van der Waals surface area contributed by atoms with E-state index in [1.807, 2.05) is 29.2 Å². The number of amides is 1. The fourth-order valence-electron chi connectivity index (χ4n) is 2.84. The van der Waals surface area contributed by atoms with E-state index in [4.69, 9.17) is 10.5 Å². The fraction of sp³-hybridized carbons (Fsp3) is 0.471. The molecule has 1 aliphatic rings. The predicted molar refractivity (Wildman–Crippen MR) is 91.2 cm³/mol. The van der Waals surface area contributed by atoms with Crippen LogP contribution in [0.4, 0.5) is 0 Å². The third-order valence-corrected chi connectivity index (χ3v) is 4.02. The summed E-state index contributed by atoms with van der Waals surface area (Å²) in [4.78, 5) is 14.5. The Morgan fingerprint density at radius 3 is 2.59 bits per heavy atom. The first kappa shape index (κ1) is 18.5. The number of methoxy groups -OCH3 is 1. The maximum absolute atomic E-state index is 12.6. The lowest BCUT2D eigenvalue weighted by molar-refractivity contribution is -0.135. The van der Waals surface area contributed by atoms with E-state index in [9.17, 15) is 4.79 Å². The zero-order valence-corrected chi connectivity index (χ0v) is 13.8. The van der Waals surface area contributed by atoms with Crippen LogP contribution in [0.15, 0.2) is 36.9 Å². The van der Waals surface area contributed by atoms with Gasteiger partial charge in [-0.15, -0.1) is 19.0 Å². The molecule has 2 rings (SSSR count). The average Bonchev–Trinajstić information content (AvgIpc) is 2.93. The normalized spacial score (nSPS) is 20.1. The van der Waals surface area contributed by atoms with Gasteiger partial charge in [-0.1, -0.05) is 18.2 Å². The zero-order chi connectivity index (χ0) is 15.2. The maximum Gasteiger partial charge on any atom is 0.226 e. The third kappa shape index (κ3) is 4.75. The molecule has 5 heteroatoms. The van der Waals surface area contributed by atoms with Gasteiger partial charge in [-0.05, 0) is 37.0 Å². The summed E-state index contributed by atoms with van der Waals surface area (Å²) in [5, 5.41) is 0. The standard InChI is InChI=1S/C17H24N2O2.ClH/c1-3-10-19(17(20)14-6-7-15(18)11-14)12-13-4-8-16(21-2)9-5-13;/h3-5,8-9,14-15H,1,6-7,10-12,18H2,2H3;1H. The second-order valence-electron chi connectivity index (χ2n) is 5.63. The molecule has 2 atom stereocenters. The van der Waals surface area contributed by atoms with E-state index in [2.05, 4.69) is 6.58 Å². The first-order valence-corrected chi connectivity index (χ1v) is 7.42. The minimum atomic E-state index is 0. The SMILES string of the molecule is C=CCN(Cc1ccc(OC)cc1)C(=O)C1CCC(N)C1.Cl. The van der Waals surface area contributed by atoms with Gasteiger partial charge in [-0.25, -0.2) is 0 Å². The molecule has 1 aliphatic carbocycles. The van der Waals surface area contributed by atoms with Gasteiger partial charge in [-0.2, -0.15) is 0 Å².